The highest BCUT2D eigenvalue weighted by molar-refractivity contribution is 6.35. The summed E-state index contributed by atoms with van der Waals surface area (Å²) in [4.78, 5) is 29.3. The molecule has 0 aliphatic heterocycles. The van der Waals surface area contributed by atoms with Gasteiger partial charge < -0.3 is 10.3 Å². The maximum atomic E-state index is 12.7. The Morgan fingerprint density at radius 3 is 2.78 bits per heavy atom. The number of halogens is 1. The van der Waals surface area contributed by atoms with Crippen molar-refractivity contribution in [2.45, 2.75) is 0 Å². The number of nitrogens with zero attached hydrogens (tertiary/aromatic N) is 2. The number of hydrogen-bond donors (Lipinski definition) is 3. The first-order chi connectivity index (χ1) is 13.0. The van der Waals surface area contributed by atoms with Gasteiger partial charge in [-0.15, -0.1) is 0 Å². The second-order valence-corrected chi connectivity index (χ2v) is 6.06. The first kappa shape index (κ1) is 16.6. The number of benzene rings is 2. The maximum Gasteiger partial charge on any atom is 0.439 e. The first-order valence-corrected chi connectivity index (χ1v) is 8.12. The van der Waals surface area contributed by atoms with Gasteiger partial charge in [-0.25, -0.2) is 4.79 Å². The van der Waals surface area contributed by atoms with Crippen molar-refractivity contribution < 1.29 is 9.32 Å². The molecule has 4 aromatic rings. The number of carbonyl (C=O) groups is 1. The highest BCUT2D eigenvalue weighted by atomic mass is 35.5. The third kappa shape index (κ3) is 3.07. The van der Waals surface area contributed by atoms with Crippen molar-refractivity contribution in [1.82, 2.24) is 15.1 Å². The van der Waals surface area contributed by atoms with Gasteiger partial charge in [-0.05, 0) is 30.3 Å². The van der Waals surface area contributed by atoms with Crippen LogP contribution in [0.15, 0.2) is 51.8 Å². The third-order valence-electron chi connectivity index (χ3n) is 3.94. The molecule has 0 saturated carbocycles. The molecular formula is C18H10ClN5O3. The highest BCUT2D eigenvalue weighted by Crippen LogP contribution is 2.28. The van der Waals surface area contributed by atoms with Crippen molar-refractivity contribution in [2.75, 3.05) is 5.32 Å². The number of anilines is 1. The molecule has 0 atom stereocenters. The van der Waals surface area contributed by atoms with Crippen LogP contribution < -0.4 is 11.1 Å². The summed E-state index contributed by atoms with van der Waals surface area (Å²) in [5, 5.41) is 16.8. The Morgan fingerprint density at radius 2 is 2.07 bits per heavy atom. The molecule has 0 aliphatic rings. The molecule has 9 heteroatoms. The fourth-order valence-electron chi connectivity index (χ4n) is 2.70. The minimum absolute atomic E-state index is 0.104. The first-order valence-electron chi connectivity index (χ1n) is 7.74. The summed E-state index contributed by atoms with van der Waals surface area (Å²) >= 11 is 6.13. The lowest BCUT2D eigenvalue weighted by Gasteiger charge is -2.08. The lowest BCUT2D eigenvalue weighted by atomic mass is 10.1. The van der Waals surface area contributed by atoms with Gasteiger partial charge >= 0.3 is 5.76 Å². The van der Waals surface area contributed by atoms with Crippen LogP contribution in [-0.4, -0.2) is 21.0 Å². The molecule has 1 amide bonds. The lowest BCUT2D eigenvalue weighted by molar-refractivity contribution is 0.102. The molecule has 3 N–H and O–H groups in total. The number of H-pyrrole nitrogens is 2. The van der Waals surface area contributed by atoms with E-state index in [9.17, 15) is 9.59 Å². The van der Waals surface area contributed by atoms with Crippen LogP contribution >= 0.6 is 11.6 Å². The Balaban J connectivity index is 1.73. The topological polar surface area (TPSA) is 128 Å². The summed E-state index contributed by atoms with van der Waals surface area (Å²) < 4.78 is 4.51. The van der Waals surface area contributed by atoms with E-state index in [4.69, 9.17) is 16.9 Å². The van der Waals surface area contributed by atoms with Gasteiger partial charge in [-0.2, -0.15) is 5.26 Å². The van der Waals surface area contributed by atoms with E-state index in [1.54, 1.807) is 30.3 Å². The molecule has 2 heterocycles. The minimum Gasteiger partial charge on any atom is -0.349 e. The van der Waals surface area contributed by atoms with Crippen molar-refractivity contribution >= 4 is 34.1 Å². The summed E-state index contributed by atoms with van der Waals surface area (Å²) in [6.45, 7) is 0. The quantitative estimate of drug-likeness (QED) is 0.503. The number of hydrogen-bond acceptors (Lipinski definition) is 5. The number of rotatable bonds is 3. The van der Waals surface area contributed by atoms with Crippen LogP contribution in [0.1, 0.15) is 16.1 Å². The number of carbonyl (C=O) groups excluding carboxylic acids is 1. The van der Waals surface area contributed by atoms with E-state index in [2.05, 4.69) is 25.0 Å². The van der Waals surface area contributed by atoms with Gasteiger partial charge in [0.25, 0.3) is 5.91 Å². The minimum atomic E-state index is -0.741. The second kappa shape index (κ2) is 6.48. The zero-order chi connectivity index (χ0) is 19.0. The number of fused-ring (bicyclic) bond motifs is 1. The molecule has 0 saturated heterocycles. The van der Waals surface area contributed by atoms with Crippen LogP contribution in [0.2, 0.25) is 5.02 Å². The SMILES string of the molecule is N#Cc1ccc(NC(=O)c2cc3cccc(Cl)c3[nH]2)c(-c2noc(=O)[nH]2)c1. The summed E-state index contributed by atoms with van der Waals surface area (Å²) in [6, 6.07) is 13.6. The largest absolute Gasteiger partial charge is 0.439 e. The highest BCUT2D eigenvalue weighted by Gasteiger charge is 2.16. The predicted molar refractivity (Wildman–Crippen MR) is 98.5 cm³/mol. The van der Waals surface area contributed by atoms with Crippen molar-refractivity contribution in [1.29, 1.82) is 5.26 Å². The molecule has 0 spiro atoms. The fourth-order valence-corrected chi connectivity index (χ4v) is 2.92. The van der Waals surface area contributed by atoms with E-state index in [0.717, 1.165) is 5.39 Å². The monoisotopic (exact) mass is 379 g/mol. The van der Waals surface area contributed by atoms with E-state index in [0.29, 0.717) is 33.0 Å². The standard InChI is InChI=1S/C18H10ClN5O3/c19-12-3-1-2-10-7-14(21-15(10)12)17(25)22-13-5-4-9(8-20)6-11(13)16-23-18(26)27-24-16/h1-7,21H,(H,22,25)(H,23,24,26). The Bertz CT molecular complexity index is 1280. The summed E-state index contributed by atoms with van der Waals surface area (Å²) in [6.07, 6.45) is 0. The van der Waals surface area contributed by atoms with Gasteiger partial charge in [0.15, 0.2) is 5.82 Å². The average Bonchev–Trinajstić information content (AvgIpc) is 3.29. The molecule has 2 aromatic carbocycles. The van der Waals surface area contributed by atoms with Crippen molar-refractivity contribution in [3.63, 3.8) is 0 Å². The Kier molecular flexibility index (Phi) is 3.99. The van der Waals surface area contributed by atoms with Crippen LogP contribution in [0.4, 0.5) is 5.69 Å². The molecule has 0 bridgehead atoms. The van der Waals surface area contributed by atoms with Gasteiger partial charge in [0.1, 0.15) is 5.69 Å². The number of aromatic amines is 2. The summed E-state index contributed by atoms with van der Waals surface area (Å²) in [7, 11) is 0. The van der Waals surface area contributed by atoms with Crippen LogP contribution in [0.25, 0.3) is 22.3 Å². The molecule has 132 valence electrons. The van der Waals surface area contributed by atoms with Gasteiger partial charge in [0.2, 0.25) is 0 Å². The van der Waals surface area contributed by atoms with E-state index in [1.807, 2.05) is 12.1 Å². The predicted octanol–water partition coefficient (Wildman–Crippen LogP) is 3.29. The molecule has 8 nitrogen and oxygen atoms in total. The second-order valence-electron chi connectivity index (χ2n) is 5.66. The van der Waals surface area contributed by atoms with Crippen molar-refractivity contribution in [2.24, 2.45) is 0 Å². The zero-order valence-electron chi connectivity index (χ0n) is 13.5. The van der Waals surface area contributed by atoms with Crippen molar-refractivity contribution in [3.05, 3.63) is 69.3 Å². The number of amides is 1. The van der Waals surface area contributed by atoms with Crippen LogP contribution in [0, 0.1) is 11.3 Å². The lowest BCUT2D eigenvalue weighted by Crippen LogP contribution is -2.13. The van der Waals surface area contributed by atoms with Gasteiger partial charge in [0.05, 0.1) is 27.9 Å². The normalized spacial score (nSPS) is 10.7. The fraction of sp³-hybridized carbons (Fsp3) is 0. The third-order valence-corrected chi connectivity index (χ3v) is 4.26. The number of aromatic nitrogens is 3. The molecule has 4 rings (SSSR count). The van der Waals surface area contributed by atoms with Crippen LogP contribution in [-0.2, 0) is 0 Å². The Hall–Kier alpha value is -3.83. The Labute approximate surface area is 156 Å². The average molecular weight is 380 g/mol. The molecule has 27 heavy (non-hydrogen) atoms. The van der Waals surface area contributed by atoms with Gasteiger partial charge in [0, 0.05) is 10.9 Å². The van der Waals surface area contributed by atoms with Gasteiger partial charge in [-0.3, -0.25) is 14.3 Å². The summed E-state index contributed by atoms with van der Waals surface area (Å²) in [5.74, 6) is -1.05. The summed E-state index contributed by atoms with van der Waals surface area (Å²) in [5.41, 5.74) is 2.01. The molecule has 0 radical (unpaired) electrons. The molecule has 0 aliphatic carbocycles. The molecular weight excluding hydrogens is 370 g/mol. The van der Waals surface area contributed by atoms with E-state index in [-0.39, 0.29) is 5.82 Å². The zero-order valence-corrected chi connectivity index (χ0v) is 14.3. The van der Waals surface area contributed by atoms with E-state index >= 15 is 0 Å². The number of nitrogens with one attached hydrogen (secondary N) is 3. The maximum absolute atomic E-state index is 12.7. The van der Waals surface area contributed by atoms with E-state index < -0.39 is 11.7 Å². The number of para-hydroxylation sites is 1. The van der Waals surface area contributed by atoms with Crippen molar-refractivity contribution in [3.8, 4) is 17.5 Å². The van der Waals surface area contributed by atoms with Crippen LogP contribution in [0.3, 0.4) is 0 Å². The smallest absolute Gasteiger partial charge is 0.349 e. The molecule has 2 aromatic heterocycles. The number of nitriles is 1. The molecule has 0 fully saturated rings. The van der Waals surface area contributed by atoms with Gasteiger partial charge in [-0.1, -0.05) is 28.9 Å². The van der Waals surface area contributed by atoms with Crippen LogP contribution in [0.5, 0.6) is 0 Å². The molecule has 0 unspecified atom stereocenters. The Morgan fingerprint density at radius 1 is 1.22 bits per heavy atom. The van der Waals surface area contributed by atoms with E-state index in [1.165, 1.54) is 6.07 Å².